The highest BCUT2D eigenvalue weighted by Gasteiger charge is 2.50. The van der Waals surface area contributed by atoms with E-state index < -0.39 is 29.2 Å². The van der Waals surface area contributed by atoms with E-state index in [1.807, 2.05) is 34.9 Å². The molecule has 0 radical (unpaired) electrons. The number of carbonyl (C=O) groups excluding carboxylic acids is 3. The van der Waals surface area contributed by atoms with Crippen molar-refractivity contribution in [2.45, 2.75) is 127 Å². The summed E-state index contributed by atoms with van der Waals surface area (Å²) >= 11 is 0. The van der Waals surface area contributed by atoms with Crippen LogP contribution in [-0.2, 0) is 27.8 Å². The van der Waals surface area contributed by atoms with Gasteiger partial charge in [0.1, 0.15) is 47.9 Å². The molecule has 3 N–H and O–H groups in total. The summed E-state index contributed by atoms with van der Waals surface area (Å²) in [6.07, 6.45) is 11.9. The minimum Gasteiger partial charge on any atom is -0.508 e. The van der Waals surface area contributed by atoms with Gasteiger partial charge in [0.05, 0.1) is 27.6 Å². The number of hydrogen-bond acceptors (Lipinski definition) is 14. The number of halogens is 2. The Bertz CT molecular complexity index is 3440. The molecule has 0 saturated carbocycles. The van der Waals surface area contributed by atoms with Gasteiger partial charge < -0.3 is 34.4 Å². The number of benzene rings is 3. The second-order valence-electron chi connectivity index (χ2n) is 23.5. The first-order chi connectivity index (χ1) is 38.1. The molecule has 20 heteroatoms. The van der Waals surface area contributed by atoms with Crippen LogP contribution in [0.2, 0.25) is 0 Å². The molecule has 0 bridgehead atoms. The number of nitrogens with zero attached hydrogens (tertiary/aromatic N) is 9. The van der Waals surface area contributed by atoms with Crippen molar-refractivity contribution in [3.05, 3.63) is 76.3 Å². The number of aryl methyl sites for hydroxylation is 2. The molecule has 3 aromatic heterocycles. The second kappa shape index (κ2) is 20.9. The van der Waals surface area contributed by atoms with Crippen LogP contribution in [-0.4, -0.2) is 138 Å². The summed E-state index contributed by atoms with van der Waals surface area (Å²) < 4.78 is 48.2. The molecule has 3 aromatic carbocycles. The third-order valence-corrected chi connectivity index (χ3v) is 18.4. The largest absolute Gasteiger partial charge is 0.508 e. The Balaban J connectivity index is 0.664. The number of likely N-dealkylation sites (tertiary alicyclic amines) is 1. The summed E-state index contributed by atoms with van der Waals surface area (Å²) in [6.45, 7) is 8.89. The SMILES string of the molecule is CCc1c(F)ccc2cc(O)cc(-c3ncc4c(N5CCC[C@@](C)(O)C5)nc(OC[C@@]56CCCN5[C@H](COC(=O)N5CCC(CC7CCN(c8ccc9c(c8)n(C)c(=O)n9C8CCC(=O)NC8=O)CC7)CC5)CC6)nc4c3F)c12. The van der Waals surface area contributed by atoms with Gasteiger partial charge in [0.25, 0.3) is 0 Å². The van der Waals surface area contributed by atoms with E-state index in [1.165, 1.54) is 29.0 Å². The summed E-state index contributed by atoms with van der Waals surface area (Å²) in [5.41, 5.74) is 1.36. The van der Waals surface area contributed by atoms with E-state index in [1.54, 1.807) is 24.6 Å². The van der Waals surface area contributed by atoms with Crippen molar-refractivity contribution in [1.82, 2.24) is 39.2 Å². The van der Waals surface area contributed by atoms with Gasteiger partial charge in [-0.3, -0.25) is 33.9 Å². The number of hydrogen-bond donors (Lipinski definition) is 3. The molecule has 3 amide bonds. The Kier molecular flexibility index (Phi) is 14.0. The summed E-state index contributed by atoms with van der Waals surface area (Å²) in [5.74, 6) is -0.545. The van der Waals surface area contributed by atoms with Crippen molar-refractivity contribution in [3.8, 4) is 23.0 Å². The number of rotatable bonds is 12. The minimum absolute atomic E-state index is 0.0101. The zero-order valence-corrected chi connectivity index (χ0v) is 45.3. The number of phenolic OH excluding ortho intramolecular Hbond substituents is 1. The van der Waals surface area contributed by atoms with Gasteiger partial charge >= 0.3 is 17.8 Å². The van der Waals surface area contributed by atoms with Gasteiger partial charge in [0, 0.05) is 76.2 Å². The van der Waals surface area contributed by atoms with Crippen LogP contribution in [0.1, 0.15) is 109 Å². The molecular weight excluding hydrogens is 1010 g/mol. The lowest BCUT2D eigenvalue weighted by Crippen LogP contribution is -2.48. The lowest BCUT2D eigenvalue weighted by atomic mass is 9.83. The van der Waals surface area contributed by atoms with Crippen molar-refractivity contribution < 1.29 is 42.9 Å². The number of imide groups is 1. The monoisotopic (exact) mass is 1080 g/mol. The van der Waals surface area contributed by atoms with Crippen molar-refractivity contribution in [2.24, 2.45) is 18.9 Å². The first-order valence-corrected chi connectivity index (χ1v) is 28.5. The predicted molar refractivity (Wildman–Crippen MR) is 294 cm³/mol. The average molecular weight is 1090 g/mol. The predicted octanol–water partition coefficient (Wildman–Crippen LogP) is 7.90. The van der Waals surface area contributed by atoms with Crippen LogP contribution in [0.25, 0.3) is 44.0 Å². The molecule has 79 heavy (non-hydrogen) atoms. The number of imidazole rings is 1. The number of nitrogens with one attached hydrogen (secondary N) is 1. The zero-order valence-electron chi connectivity index (χ0n) is 45.3. The molecule has 0 spiro atoms. The summed E-state index contributed by atoms with van der Waals surface area (Å²) in [7, 11) is 1.72. The van der Waals surface area contributed by atoms with Crippen molar-refractivity contribution in [2.75, 3.05) is 68.8 Å². The highest BCUT2D eigenvalue weighted by atomic mass is 19.1. The van der Waals surface area contributed by atoms with Gasteiger partial charge in [-0.05, 0) is 162 Å². The van der Waals surface area contributed by atoms with E-state index in [0.29, 0.717) is 90.2 Å². The molecule has 1 unspecified atom stereocenters. The van der Waals surface area contributed by atoms with Gasteiger partial charge in [-0.15, -0.1) is 0 Å². The number of β-amino-alcohol motifs (C(OH)–C–C–N with tert-alkyl or cyclic N) is 1. The van der Waals surface area contributed by atoms with Crippen LogP contribution < -0.4 is 25.5 Å². The fourth-order valence-corrected chi connectivity index (χ4v) is 14.2. The molecule has 6 aromatic rings. The summed E-state index contributed by atoms with van der Waals surface area (Å²) in [5, 5.41) is 25.7. The molecular formula is C59H70F2N10O8. The quantitative estimate of drug-likeness (QED) is 0.0999. The number of aromatic hydroxyl groups is 1. The third kappa shape index (κ3) is 9.90. The number of anilines is 2. The van der Waals surface area contributed by atoms with Gasteiger partial charge in [0.15, 0.2) is 5.82 Å². The maximum Gasteiger partial charge on any atom is 0.409 e. The smallest absolute Gasteiger partial charge is 0.409 e. The molecule has 6 saturated heterocycles. The molecule has 6 aliphatic heterocycles. The number of ether oxygens (including phenoxy) is 2. The first-order valence-electron chi connectivity index (χ1n) is 28.5. The molecule has 418 valence electrons. The number of phenols is 1. The minimum atomic E-state index is -1.00. The van der Waals surface area contributed by atoms with Crippen LogP contribution >= 0.6 is 0 Å². The lowest BCUT2D eigenvalue weighted by molar-refractivity contribution is -0.135. The second-order valence-corrected chi connectivity index (χ2v) is 23.5. The number of amides is 3. The number of piperidine rings is 4. The van der Waals surface area contributed by atoms with Crippen LogP contribution in [0.3, 0.4) is 0 Å². The van der Waals surface area contributed by atoms with Crippen LogP contribution in [0.5, 0.6) is 11.8 Å². The highest BCUT2D eigenvalue weighted by Crippen LogP contribution is 2.44. The number of fused-ring (bicyclic) bond motifs is 4. The van der Waals surface area contributed by atoms with E-state index in [0.717, 1.165) is 88.6 Å². The fourth-order valence-electron chi connectivity index (χ4n) is 14.2. The van der Waals surface area contributed by atoms with Gasteiger partial charge in [-0.25, -0.2) is 18.4 Å². The molecule has 0 aliphatic carbocycles. The Morgan fingerprint density at radius 2 is 1.65 bits per heavy atom. The lowest BCUT2D eigenvalue weighted by Gasteiger charge is -2.38. The van der Waals surface area contributed by atoms with Crippen molar-refractivity contribution >= 4 is 62.1 Å². The Morgan fingerprint density at radius 3 is 2.41 bits per heavy atom. The van der Waals surface area contributed by atoms with Gasteiger partial charge in [0.2, 0.25) is 11.8 Å². The molecule has 9 heterocycles. The normalized spacial score (nSPS) is 24.5. The third-order valence-electron chi connectivity index (χ3n) is 18.4. The first kappa shape index (κ1) is 52.8. The van der Waals surface area contributed by atoms with E-state index in [9.17, 15) is 29.4 Å². The van der Waals surface area contributed by atoms with E-state index in [-0.39, 0.29) is 84.0 Å². The summed E-state index contributed by atoms with van der Waals surface area (Å²) in [4.78, 5) is 74.1. The van der Waals surface area contributed by atoms with Gasteiger partial charge in [-0.1, -0.05) is 13.0 Å². The number of carbonyl (C=O) groups is 3. The Labute approximate surface area is 456 Å². The number of aromatic nitrogens is 5. The summed E-state index contributed by atoms with van der Waals surface area (Å²) in [6, 6.07) is 11.1. The maximum absolute atomic E-state index is 17.3. The van der Waals surface area contributed by atoms with E-state index >= 15 is 8.78 Å². The van der Waals surface area contributed by atoms with Gasteiger partial charge in [-0.2, -0.15) is 9.97 Å². The van der Waals surface area contributed by atoms with Crippen LogP contribution in [0.4, 0.5) is 25.1 Å². The van der Waals surface area contributed by atoms with E-state index in [4.69, 9.17) is 19.4 Å². The molecule has 6 aliphatic rings. The zero-order chi connectivity index (χ0) is 54.9. The number of aliphatic hydroxyl groups is 1. The van der Waals surface area contributed by atoms with Crippen LogP contribution in [0.15, 0.2) is 53.5 Å². The fraction of sp³-hybridized carbons (Fsp3) is 0.542. The van der Waals surface area contributed by atoms with E-state index in [2.05, 4.69) is 20.1 Å². The molecule has 4 atom stereocenters. The molecule has 12 rings (SSSR count). The maximum atomic E-state index is 17.3. The standard InChI is InChI=1S/C59H70F2N10O8/c1-4-41-44(60)9-7-37-28-40(72)30-42(49(37)41)51-50(61)52-43(31-62-51)53(69-21-5-18-58(2,77)33-69)65-55(64-52)79-34-59-19-6-22-70(59)39(13-20-59)32-78-57(76)68-25-16-36(17-26-68)27-35-14-23-67(24-15-35)38-8-10-45-47(29-38)66(3)56(75)71(45)46-11-12-48(73)63-54(46)74/h7-10,28-31,35-36,39,46,72,77H,4-6,11-27,32-34H2,1-3H3,(H,63,73,74)/t39-,46?,58+,59-/m0/s1. The van der Waals surface area contributed by atoms with Crippen molar-refractivity contribution in [1.29, 1.82) is 0 Å². The van der Waals surface area contributed by atoms with Crippen LogP contribution in [0, 0.1) is 23.5 Å². The average Bonchev–Trinajstić information content (AvgIpc) is 4.32. The topological polar surface area (TPSA) is 201 Å². The number of pyridine rings is 1. The highest BCUT2D eigenvalue weighted by molar-refractivity contribution is 6.02. The molecule has 18 nitrogen and oxygen atoms in total. The Hall–Kier alpha value is -6.93. The Morgan fingerprint density at radius 1 is 0.873 bits per heavy atom. The molecule has 6 fully saturated rings. The van der Waals surface area contributed by atoms with Crippen molar-refractivity contribution in [3.63, 3.8) is 0 Å².